The predicted molar refractivity (Wildman–Crippen MR) is 57.8 cm³/mol. The summed E-state index contributed by atoms with van der Waals surface area (Å²) in [6.07, 6.45) is 0. The largest absolute Gasteiger partial charge is 0.398 e. The highest BCUT2D eigenvalue weighted by Gasteiger charge is 2.04. The lowest BCUT2D eigenvalue weighted by Gasteiger charge is -2.09. The van der Waals surface area contributed by atoms with Crippen molar-refractivity contribution in [3.05, 3.63) is 26.3 Å². The molecule has 0 unspecified atom stereocenters. The third-order valence-corrected chi connectivity index (χ3v) is 3.54. The SMILES string of the molecule is Cc1cc(N)c(I)c(C)c1C. The van der Waals surface area contributed by atoms with E-state index in [2.05, 4.69) is 43.4 Å². The van der Waals surface area contributed by atoms with Gasteiger partial charge in [-0.3, -0.25) is 0 Å². The van der Waals surface area contributed by atoms with E-state index in [1.807, 2.05) is 6.07 Å². The first-order chi connectivity index (χ1) is 5.04. The molecule has 0 amide bonds. The van der Waals surface area contributed by atoms with E-state index < -0.39 is 0 Å². The zero-order valence-corrected chi connectivity index (χ0v) is 9.19. The summed E-state index contributed by atoms with van der Waals surface area (Å²) in [5.74, 6) is 0. The van der Waals surface area contributed by atoms with E-state index in [-0.39, 0.29) is 0 Å². The van der Waals surface area contributed by atoms with Gasteiger partial charge in [-0.15, -0.1) is 0 Å². The van der Waals surface area contributed by atoms with Crippen molar-refractivity contribution in [2.75, 3.05) is 5.73 Å². The van der Waals surface area contributed by atoms with Gasteiger partial charge in [0.05, 0.1) is 0 Å². The van der Waals surface area contributed by atoms with Crippen molar-refractivity contribution in [3.8, 4) is 0 Å². The van der Waals surface area contributed by atoms with Crippen molar-refractivity contribution < 1.29 is 0 Å². The summed E-state index contributed by atoms with van der Waals surface area (Å²) in [6.45, 7) is 6.33. The van der Waals surface area contributed by atoms with Gasteiger partial charge in [0.15, 0.2) is 0 Å². The lowest BCUT2D eigenvalue weighted by molar-refractivity contribution is 1.25. The van der Waals surface area contributed by atoms with Gasteiger partial charge in [-0.1, -0.05) is 0 Å². The molecule has 1 rings (SSSR count). The molecule has 0 aliphatic rings. The Bertz CT molecular complexity index is 266. The average molecular weight is 261 g/mol. The molecule has 0 saturated heterocycles. The van der Waals surface area contributed by atoms with Crippen LogP contribution in [0, 0.1) is 24.3 Å². The molecule has 2 N–H and O–H groups in total. The summed E-state index contributed by atoms with van der Waals surface area (Å²) < 4.78 is 1.19. The molecule has 0 radical (unpaired) electrons. The maximum atomic E-state index is 5.78. The smallest absolute Gasteiger partial charge is 0.0455 e. The topological polar surface area (TPSA) is 26.0 Å². The van der Waals surface area contributed by atoms with Gasteiger partial charge in [0.25, 0.3) is 0 Å². The van der Waals surface area contributed by atoms with Crippen LogP contribution in [0.2, 0.25) is 0 Å². The van der Waals surface area contributed by atoms with Crippen LogP contribution in [0.15, 0.2) is 6.07 Å². The Morgan fingerprint density at radius 2 is 1.73 bits per heavy atom. The van der Waals surface area contributed by atoms with Crippen LogP contribution in [0.3, 0.4) is 0 Å². The molecule has 2 heteroatoms. The fourth-order valence-corrected chi connectivity index (χ4v) is 1.64. The van der Waals surface area contributed by atoms with Crippen LogP contribution in [0.1, 0.15) is 16.7 Å². The number of benzene rings is 1. The van der Waals surface area contributed by atoms with Crippen LogP contribution in [0.4, 0.5) is 5.69 Å². The zero-order valence-electron chi connectivity index (χ0n) is 7.03. The van der Waals surface area contributed by atoms with Gasteiger partial charge in [0.2, 0.25) is 0 Å². The molecule has 0 atom stereocenters. The number of nitrogens with two attached hydrogens (primary N) is 1. The lowest BCUT2D eigenvalue weighted by Crippen LogP contribution is -1.96. The number of anilines is 1. The van der Waals surface area contributed by atoms with Crippen LogP contribution in [-0.4, -0.2) is 0 Å². The minimum Gasteiger partial charge on any atom is -0.398 e. The molecule has 0 heterocycles. The molecule has 1 nitrogen and oxygen atoms in total. The van der Waals surface area contributed by atoms with Crippen LogP contribution in [0.25, 0.3) is 0 Å². The first-order valence-corrected chi connectivity index (χ1v) is 4.63. The van der Waals surface area contributed by atoms with E-state index in [4.69, 9.17) is 5.73 Å². The molecule has 0 aromatic heterocycles. The van der Waals surface area contributed by atoms with E-state index >= 15 is 0 Å². The van der Waals surface area contributed by atoms with Gasteiger partial charge in [-0.05, 0) is 66.1 Å². The number of hydrogen-bond acceptors (Lipinski definition) is 1. The Morgan fingerprint density at radius 1 is 1.18 bits per heavy atom. The maximum absolute atomic E-state index is 5.78. The number of rotatable bonds is 0. The lowest BCUT2D eigenvalue weighted by atomic mass is 10.0. The molecule has 0 aliphatic heterocycles. The summed E-state index contributed by atoms with van der Waals surface area (Å²) >= 11 is 2.29. The number of aryl methyl sites for hydroxylation is 1. The summed E-state index contributed by atoms with van der Waals surface area (Å²) in [5, 5.41) is 0. The third-order valence-electron chi connectivity index (χ3n) is 2.11. The Balaban J connectivity index is 3.46. The van der Waals surface area contributed by atoms with Crippen LogP contribution < -0.4 is 5.73 Å². The van der Waals surface area contributed by atoms with Crippen LogP contribution in [-0.2, 0) is 0 Å². The van der Waals surface area contributed by atoms with Gasteiger partial charge in [-0.25, -0.2) is 0 Å². The quantitative estimate of drug-likeness (QED) is 0.564. The molecule has 11 heavy (non-hydrogen) atoms. The second-order valence-corrected chi connectivity index (χ2v) is 3.93. The van der Waals surface area contributed by atoms with E-state index in [0.717, 1.165) is 5.69 Å². The summed E-state index contributed by atoms with van der Waals surface area (Å²) in [7, 11) is 0. The summed E-state index contributed by atoms with van der Waals surface area (Å²) in [6, 6.07) is 2.03. The molecule has 0 bridgehead atoms. The third kappa shape index (κ3) is 1.50. The van der Waals surface area contributed by atoms with Gasteiger partial charge in [0.1, 0.15) is 0 Å². The van der Waals surface area contributed by atoms with E-state index in [9.17, 15) is 0 Å². The van der Waals surface area contributed by atoms with Crippen molar-refractivity contribution in [2.24, 2.45) is 0 Å². The number of nitrogen functional groups attached to an aromatic ring is 1. The molecule has 60 valence electrons. The molecule has 1 aromatic rings. The minimum atomic E-state index is 0.895. The van der Waals surface area contributed by atoms with Crippen molar-refractivity contribution in [1.29, 1.82) is 0 Å². The second kappa shape index (κ2) is 3.01. The number of halogens is 1. The molecule has 0 fully saturated rings. The molecule has 0 spiro atoms. The molecule has 0 aliphatic carbocycles. The van der Waals surface area contributed by atoms with Crippen LogP contribution >= 0.6 is 22.6 Å². The fourth-order valence-electron chi connectivity index (χ4n) is 1.08. The normalized spacial score (nSPS) is 10.2. The average Bonchev–Trinajstić information content (AvgIpc) is 1.97. The van der Waals surface area contributed by atoms with Gasteiger partial charge >= 0.3 is 0 Å². The van der Waals surface area contributed by atoms with Gasteiger partial charge in [-0.2, -0.15) is 0 Å². The monoisotopic (exact) mass is 261 g/mol. The predicted octanol–water partition coefficient (Wildman–Crippen LogP) is 2.80. The first-order valence-electron chi connectivity index (χ1n) is 3.56. The highest BCUT2D eigenvalue weighted by molar-refractivity contribution is 14.1. The summed E-state index contributed by atoms with van der Waals surface area (Å²) in [4.78, 5) is 0. The molecular formula is C9H12IN. The van der Waals surface area contributed by atoms with Crippen molar-refractivity contribution in [1.82, 2.24) is 0 Å². The Kier molecular flexibility index (Phi) is 2.42. The summed E-state index contributed by atoms with van der Waals surface area (Å²) in [5.41, 5.74) is 10.6. The maximum Gasteiger partial charge on any atom is 0.0455 e. The van der Waals surface area contributed by atoms with Crippen molar-refractivity contribution in [3.63, 3.8) is 0 Å². The standard InChI is InChI=1S/C9H12IN/c1-5-4-8(11)9(10)7(3)6(5)2/h4H,11H2,1-3H3. The van der Waals surface area contributed by atoms with Crippen molar-refractivity contribution in [2.45, 2.75) is 20.8 Å². The van der Waals surface area contributed by atoms with E-state index in [0.29, 0.717) is 0 Å². The molecular weight excluding hydrogens is 249 g/mol. The van der Waals surface area contributed by atoms with Gasteiger partial charge in [0, 0.05) is 9.26 Å². The zero-order chi connectivity index (χ0) is 8.59. The Labute approximate surface area is 81.1 Å². The Morgan fingerprint density at radius 3 is 2.27 bits per heavy atom. The van der Waals surface area contributed by atoms with Crippen molar-refractivity contribution >= 4 is 28.3 Å². The first kappa shape index (κ1) is 8.84. The van der Waals surface area contributed by atoms with E-state index in [1.165, 1.54) is 20.3 Å². The highest BCUT2D eigenvalue weighted by atomic mass is 127. The van der Waals surface area contributed by atoms with Gasteiger partial charge < -0.3 is 5.73 Å². The Hall–Kier alpha value is -0.250. The molecule has 1 aromatic carbocycles. The minimum absolute atomic E-state index is 0.895. The number of hydrogen-bond donors (Lipinski definition) is 1. The second-order valence-electron chi connectivity index (χ2n) is 2.85. The molecule has 0 saturated carbocycles. The fraction of sp³-hybridized carbons (Fsp3) is 0.333. The van der Waals surface area contributed by atoms with Crippen LogP contribution in [0.5, 0.6) is 0 Å². The highest BCUT2D eigenvalue weighted by Crippen LogP contribution is 2.24. The van der Waals surface area contributed by atoms with E-state index in [1.54, 1.807) is 0 Å².